The van der Waals surface area contributed by atoms with Crippen molar-refractivity contribution in [3.05, 3.63) is 70.5 Å². The van der Waals surface area contributed by atoms with E-state index in [-0.39, 0.29) is 36.6 Å². The second kappa shape index (κ2) is 10.6. The van der Waals surface area contributed by atoms with Crippen LogP contribution in [0.15, 0.2) is 48.5 Å². The van der Waals surface area contributed by atoms with Gasteiger partial charge in [0.15, 0.2) is 0 Å². The Kier molecular flexibility index (Phi) is 7.86. The van der Waals surface area contributed by atoms with Crippen molar-refractivity contribution in [1.82, 2.24) is 10.2 Å². The third-order valence-electron chi connectivity index (χ3n) is 5.69. The van der Waals surface area contributed by atoms with E-state index < -0.39 is 6.04 Å². The fourth-order valence-corrected chi connectivity index (χ4v) is 4.04. The lowest BCUT2D eigenvalue weighted by Crippen LogP contribution is -2.50. The monoisotopic (exact) mass is 430 g/mol. The van der Waals surface area contributed by atoms with E-state index in [1.807, 2.05) is 18.2 Å². The summed E-state index contributed by atoms with van der Waals surface area (Å²) in [5.41, 5.74) is 1.48. The molecule has 0 aromatic heterocycles. The van der Waals surface area contributed by atoms with Crippen molar-refractivity contribution in [3.8, 4) is 0 Å². The van der Waals surface area contributed by atoms with E-state index in [0.29, 0.717) is 10.6 Å². The van der Waals surface area contributed by atoms with E-state index in [1.165, 1.54) is 18.6 Å². The van der Waals surface area contributed by atoms with Crippen molar-refractivity contribution in [2.75, 3.05) is 0 Å². The van der Waals surface area contributed by atoms with Crippen LogP contribution in [0.5, 0.6) is 0 Å². The van der Waals surface area contributed by atoms with Gasteiger partial charge in [0.1, 0.15) is 11.9 Å². The van der Waals surface area contributed by atoms with Crippen molar-refractivity contribution in [2.24, 2.45) is 0 Å². The van der Waals surface area contributed by atoms with Crippen molar-refractivity contribution in [1.29, 1.82) is 0 Å². The van der Waals surface area contributed by atoms with Crippen LogP contribution in [-0.2, 0) is 22.6 Å². The van der Waals surface area contributed by atoms with Crippen molar-refractivity contribution < 1.29 is 14.0 Å². The van der Waals surface area contributed by atoms with Gasteiger partial charge in [0.2, 0.25) is 11.8 Å². The van der Waals surface area contributed by atoms with Gasteiger partial charge in [0.05, 0.1) is 6.42 Å². The Hall–Kier alpha value is -2.40. The van der Waals surface area contributed by atoms with Crippen LogP contribution in [0.1, 0.15) is 50.2 Å². The quantitative estimate of drug-likeness (QED) is 0.680. The van der Waals surface area contributed by atoms with Gasteiger partial charge >= 0.3 is 0 Å². The highest BCUT2D eigenvalue weighted by atomic mass is 35.5. The minimum Gasteiger partial charge on any atom is -0.352 e. The molecule has 2 amide bonds. The fraction of sp³-hybridized carbons (Fsp3) is 0.417. The highest BCUT2D eigenvalue weighted by Crippen LogP contribution is 2.21. The number of benzene rings is 2. The van der Waals surface area contributed by atoms with Crippen molar-refractivity contribution in [2.45, 2.75) is 64.1 Å². The van der Waals surface area contributed by atoms with Crippen LogP contribution in [0.4, 0.5) is 4.39 Å². The maximum Gasteiger partial charge on any atom is 0.242 e. The summed E-state index contributed by atoms with van der Waals surface area (Å²) in [6.07, 6.45) is 5.49. The minimum absolute atomic E-state index is 0.0891. The van der Waals surface area contributed by atoms with Gasteiger partial charge in [-0.2, -0.15) is 0 Å². The molecule has 1 aliphatic carbocycles. The Labute approximate surface area is 182 Å². The zero-order valence-corrected chi connectivity index (χ0v) is 18.0. The van der Waals surface area contributed by atoms with Gasteiger partial charge in [-0.1, -0.05) is 61.2 Å². The van der Waals surface area contributed by atoms with Crippen LogP contribution < -0.4 is 5.32 Å². The molecule has 0 aliphatic heterocycles. The minimum atomic E-state index is -0.642. The van der Waals surface area contributed by atoms with Crippen LogP contribution in [0, 0.1) is 5.82 Å². The third kappa shape index (κ3) is 6.05. The lowest BCUT2D eigenvalue weighted by Gasteiger charge is -2.31. The number of rotatable bonds is 7. The Balaban J connectivity index is 1.76. The van der Waals surface area contributed by atoms with E-state index in [0.717, 1.165) is 31.2 Å². The van der Waals surface area contributed by atoms with E-state index in [2.05, 4.69) is 5.32 Å². The van der Waals surface area contributed by atoms with E-state index >= 15 is 0 Å². The van der Waals surface area contributed by atoms with Crippen LogP contribution in [0.2, 0.25) is 5.02 Å². The zero-order valence-electron chi connectivity index (χ0n) is 17.2. The topological polar surface area (TPSA) is 49.4 Å². The molecule has 1 N–H and O–H groups in total. The number of hydrogen-bond acceptors (Lipinski definition) is 2. The first kappa shape index (κ1) is 22.3. The molecule has 30 heavy (non-hydrogen) atoms. The molecule has 0 bridgehead atoms. The van der Waals surface area contributed by atoms with Gasteiger partial charge in [-0.05, 0) is 49.1 Å². The standard InChI is InChI=1S/C24H28ClFN2O2/c1-17(24(30)27-21-8-3-2-4-9-21)28(16-19-7-5-6-10-22(19)25)23(29)15-18-11-13-20(26)14-12-18/h5-7,10-14,17,21H,2-4,8-9,15-16H2,1H3,(H,27,30)/t17-/m0/s1. The summed E-state index contributed by atoms with van der Waals surface area (Å²) >= 11 is 6.31. The van der Waals surface area contributed by atoms with Gasteiger partial charge in [-0.15, -0.1) is 0 Å². The normalized spacial score (nSPS) is 15.4. The SMILES string of the molecule is C[C@@H](C(=O)NC1CCCCC1)N(Cc1ccccc1Cl)C(=O)Cc1ccc(F)cc1. The van der Waals surface area contributed by atoms with Gasteiger partial charge in [-0.3, -0.25) is 9.59 Å². The molecule has 0 saturated heterocycles. The average molecular weight is 431 g/mol. The molecule has 4 nitrogen and oxygen atoms in total. The molecular formula is C24H28ClFN2O2. The van der Waals surface area contributed by atoms with E-state index in [9.17, 15) is 14.0 Å². The molecule has 160 valence electrons. The second-order valence-electron chi connectivity index (χ2n) is 7.94. The molecule has 1 saturated carbocycles. The molecule has 2 aromatic carbocycles. The largest absolute Gasteiger partial charge is 0.352 e. The van der Waals surface area contributed by atoms with Gasteiger partial charge in [-0.25, -0.2) is 4.39 Å². The number of hydrogen-bond donors (Lipinski definition) is 1. The number of carbonyl (C=O) groups is 2. The molecule has 6 heteroatoms. The number of carbonyl (C=O) groups excluding carboxylic acids is 2. The van der Waals surface area contributed by atoms with E-state index in [1.54, 1.807) is 30.0 Å². The Morgan fingerprint density at radius 1 is 1.10 bits per heavy atom. The lowest BCUT2D eigenvalue weighted by atomic mass is 9.95. The summed E-state index contributed by atoms with van der Waals surface area (Å²) < 4.78 is 13.2. The first-order valence-electron chi connectivity index (χ1n) is 10.5. The van der Waals surface area contributed by atoms with Crippen LogP contribution in [0.25, 0.3) is 0 Å². The summed E-state index contributed by atoms with van der Waals surface area (Å²) in [5.74, 6) is -0.700. The molecule has 1 atom stereocenters. The lowest BCUT2D eigenvalue weighted by molar-refractivity contribution is -0.140. The first-order valence-corrected chi connectivity index (χ1v) is 10.9. The van der Waals surface area contributed by atoms with Gasteiger partial charge in [0, 0.05) is 17.6 Å². The molecule has 1 aliphatic rings. The summed E-state index contributed by atoms with van der Waals surface area (Å²) in [5, 5.41) is 3.66. The van der Waals surface area contributed by atoms with Gasteiger partial charge < -0.3 is 10.2 Å². The molecule has 2 aromatic rings. The molecule has 0 spiro atoms. The predicted octanol–water partition coefficient (Wildman–Crippen LogP) is 4.89. The molecule has 0 radical (unpaired) electrons. The highest BCUT2D eigenvalue weighted by Gasteiger charge is 2.28. The maximum atomic E-state index is 13.2. The van der Waals surface area contributed by atoms with Gasteiger partial charge in [0.25, 0.3) is 0 Å². The first-order chi connectivity index (χ1) is 14.4. The smallest absolute Gasteiger partial charge is 0.242 e. The summed E-state index contributed by atoms with van der Waals surface area (Å²) in [6.45, 7) is 1.98. The van der Waals surface area contributed by atoms with Crippen molar-refractivity contribution in [3.63, 3.8) is 0 Å². The highest BCUT2D eigenvalue weighted by molar-refractivity contribution is 6.31. The Bertz CT molecular complexity index is 866. The predicted molar refractivity (Wildman–Crippen MR) is 117 cm³/mol. The van der Waals surface area contributed by atoms with E-state index in [4.69, 9.17) is 11.6 Å². The molecule has 0 unspecified atom stereocenters. The van der Waals surface area contributed by atoms with Crippen LogP contribution in [-0.4, -0.2) is 28.8 Å². The Morgan fingerprint density at radius 3 is 2.43 bits per heavy atom. The average Bonchev–Trinajstić information content (AvgIpc) is 2.75. The Morgan fingerprint density at radius 2 is 1.77 bits per heavy atom. The summed E-state index contributed by atoms with van der Waals surface area (Å²) in [6, 6.07) is 12.7. The molecular weight excluding hydrogens is 403 g/mol. The summed E-state index contributed by atoms with van der Waals surface area (Å²) in [4.78, 5) is 27.7. The number of nitrogens with one attached hydrogen (secondary N) is 1. The van der Waals surface area contributed by atoms with Crippen LogP contribution in [0.3, 0.4) is 0 Å². The number of amides is 2. The zero-order chi connectivity index (χ0) is 21.5. The number of nitrogens with zero attached hydrogens (tertiary/aromatic N) is 1. The van der Waals surface area contributed by atoms with Crippen LogP contribution >= 0.6 is 11.6 Å². The maximum absolute atomic E-state index is 13.2. The summed E-state index contributed by atoms with van der Waals surface area (Å²) in [7, 11) is 0. The molecule has 0 heterocycles. The number of halogens is 2. The molecule has 3 rings (SSSR count). The second-order valence-corrected chi connectivity index (χ2v) is 8.34. The van der Waals surface area contributed by atoms with Crippen molar-refractivity contribution >= 4 is 23.4 Å². The fourth-order valence-electron chi connectivity index (χ4n) is 3.84. The molecule has 1 fully saturated rings. The third-order valence-corrected chi connectivity index (χ3v) is 6.05.